The van der Waals surface area contributed by atoms with E-state index in [9.17, 15) is 8.42 Å². The number of nitrogens with zero attached hydrogens (tertiary/aromatic N) is 4. The van der Waals surface area contributed by atoms with E-state index in [2.05, 4.69) is 58.5 Å². The summed E-state index contributed by atoms with van der Waals surface area (Å²) >= 11 is 5.13. The fourth-order valence-corrected chi connectivity index (χ4v) is 3.66. The topological polar surface area (TPSA) is 89.8 Å². The van der Waals surface area contributed by atoms with E-state index in [-0.39, 0.29) is 15.4 Å². The Kier molecular flexibility index (Phi) is 3.87. The monoisotopic (exact) mass is 443 g/mol. The number of pyridine rings is 1. The molecule has 2 heterocycles. The van der Waals surface area contributed by atoms with Crippen LogP contribution in [0.1, 0.15) is 0 Å². The van der Waals surface area contributed by atoms with Crippen LogP contribution in [0.2, 0.25) is 0 Å². The highest BCUT2D eigenvalue weighted by Gasteiger charge is 2.24. The molecule has 0 aliphatic rings. The molecule has 2 aromatic heterocycles. The summed E-state index contributed by atoms with van der Waals surface area (Å²) in [6.07, 6.45) is 1.56. The van der Waals surface area contributed by atoms with Crippen LogP contribution in [-0.4, -0.2) is 28.4 Å². The van der Waals surface area contributed by atoms with Gasteiger partial charge in [-0.2, -0.15) is 8.42 Å². The van der Waals surface area contributed by atoms with E-state index in [1.54, 1.807) is 18.3 Å². The van der Waals surface area contributed by atoms with E-state index in [1.165, 1.54) is 11.7 Å². The smallest absolute Gasteiger partial charge is 0.262 e. The van der Waals surface area contributed by atoms with E-state index in [0.29, 0.717) is 0 Å². The Morgan fingerprint density at radius 3 is 2.67 bits per heavy atom. The van der Waals surface area contributed by atoms with Crippen molar-refractivity contribution in [2.24, 2.45) is 7.05 Å². The molecule has 0 spiro atoms. The molecular formula is C8H7BrIN5O2S. The fraction of sp³-hybridized carbons (Fsp3) is 0.125. The Balaban J connectivity index is 2.36. The van der Waals surface area contributed by atoms with Crippen LogP contribution in [0, 0.1) is 3.57 Å². The molecule has 0 saturated carbocycles. The van der Waals surface area contributed by atoms with E-state index in [0.717, 1.165) is 3.57 Å². The summed E-state index contributed by atoms with van der Waals surface area (Å²) in [6.45, 7) is 0. The molecule has 0 radical (unpaired) electrons. The van der Waals surface area contributed by atoms with Gasteiger partial charge in [0.05, 0.1) is 0 Å². The standard InChI is InChI=1S/C8H7BrIN5O2S/c1-15-8(7(9)12-14-15)18(16,17)13-6-3-2-5(10)4-11-6/h2-4H,1H3,(H,11,13). The van der Waals surface area contributed by atoms with Crippen molar-refractivity contribution in [3.8, 4) is 0 Å². The van der Waals surface area contributed by atoms with Gasteiger partial charge in [-0.15, -0.1) is 5.10 Å². The second kappa shape index (κ2) is 5.09. The van der Waals surface area contributed by atoms with Crippen LogP contribution >= 0.6 is 38.5 Å². The summed E-state index contributed by atoms with van der Waals surface area (Å²) in [7, 11) is -2.27. The summed E-state index contributed by atoms with van der Waals surface area (Å²) in [6, 6.07) is 3.33. The van der Waals surface area contributed by atoms with Gasteiger partial charge < -0.3 is 0 Å². The molecule has 0 fully saturated rings. The molecule has 1 N–H and O–H groups in total. The van der Waals surface area contributed by atoms with Crippen LogP contribution in [0.5, 0.6) is 0 Å². The predicted octanol–water partition coefficient (Wildman–Crippen LogP) is 1.38. The molecule has 0 aliphatic heterocycles. The van der Waals surface area contributed by atoms with E-state index in [4.69, 9.17) is 0 Å². The SMILES string of the molecule is Cn1nnc(Br)c1S(=O)(=O)Nc1ccc(I)cn1. The van der Waals surface area contributed by atoms with Gasteiger partial charge in [0, 0.05) is 16.8 Å². The van der Waals surface area contributed by atoms with Crippen molar-refractivity contribution in [3.05, 3.63) is 26.5 Å². The maximum atomic E-state index is 12.1. The van der Waals surface area contributed by atoms with Crippen molar-refractivity contribution in [1.29, 1.82) is 0 Å². The van der Waals surface area contributed by atoms with Gasteiger partial charge in [-0.05, 0) is 50.7 Å². The Morgan fingerprint density at radius 1 is 1.44 bits per heavy atom. The summed E-state index contributed by atoms with van der Waals surface area (Å²) < 4.78 is 28.8. The van der Waals surface area contributed by atoms with Gasteiger partial charge in [-0.1, -0.05) is 5.21 Å². The summed E-state index contributed by atoms with van der Waals surface area (Å²) in [4.78, 5) is 3.97. The van der Waals surface area contributed by atoms with Crippen LogP contribution in [0.4, 0.5) is 5.82 Å². The van der Waals surface area contributed by atoms with Crippen molar-refractivity contribution >= 4 is 54.4 Å². The highest BCUT2D eigenvalue weighted by molar-refractivity contribution is 14.1. The van der Waals surface area contributed by atoms with Gasteiger partial charge >= 0.3 is 0 Å². The molecule has 0 saturated heterocycles. The third-order valence-corrected chi connectivity index (χ3v) is 4.84. The minimum Gasteiger partial charge on any atom is -0.262 e. The van der Waals surface area contributed by atoms with Gasteiger partial charge in [0.25, 0.3) is 10.0 Å². The zero-order valence-corrected chi connectivity index (χ0v) is 13.6. The predicted molar refractivity (Wildman–Crippen MR) is 76.5 cm³/mol. The molecule has 0 aromatic carbocycles. The summed E-state index contributed by atoms with van der Waals surface area (Å²) in [5.74, 6) is 0.239. The summed E-state index contributed by atoms with van der Waals surface area (Å²) in [5, 5.41) is 7.19. The molecule has 96 valence electrons. The zero-order chi connectivity index (χ0) is 13.3. The lowest BCUT2D eigenvalue weighted by Crippen LogP contribution is -2.17. The van der Waals surface area contributed by atoms with Gasteiger partial charge in [0.1, 0.15) is 5.82 Å². The first kappa shape index (κ1) is 13.7. The number of rotatable bonds is 3. The zero-order valence-electron chi connectivity index (χ0n) is 9.00. The first-order valence-corrected chi connectivity index (χ1v) is 7.95. The molecule has 0 unspecified atom stereocenters. The Bertz CT molecular complexity index is 650. The van der Waals surface area contributed by atoms with Crippen LogP contribution < -0.4 is 4.72 Å². The van der Waals surface area contributed by atoms with Crippen LogP contribution in [-0.2, 0) is 17.1 Å². The third kappa shape index (κ3) is 2.80. The van der Waals surface area contributed by atoms with Gasteiger partial charge in [0.15, 0.2) is 4.60 Å². The summed E-state index contributed by atoms with van der Waals surface area (Å²) in [5.41, 5.74) is 0. The minimum absolute atomic E-state index is 0.0529. The quantitative estimate of drug-likeness (QED) is 0.723. The van der Waals surface area contributed by atoms with Crippen LogP contribution in [0.15, 0.2) is 28.0 Å². The van der Waals surface area contributed by atoms with Crippen molar-refractivity contribution in [2.75, 3.05) is 4.72 Å². The number of aromatic nitrogens is 4. The molecule has 0 atom stereocenters. The first-order chi connectivity index (χ1) is 8.40. The highest BCUT2D eigenvalue weighted by Crippen LogP contribution is 2.20. The van der Waals surface area contributed by atoms with Crippen LogP contribution in [0.3, 0.4) is 0 Å². The first-order valence-electron chi connectivity index (χ1n) is 4.60. The number of halogens is 2. The Hall–Kier alpha value is -0.750. The van der Waals surface area contributed by atoms with Gasteiger partial charge in [0.2, 0.25) is 5.03 Å². The number of aryl methyl sites for hydroxylation is 1. The van der Waals surface area contributed by atoms with Crippen molar-refractivity contribution in [2.45, 2.75) is 5.03 Å². The second-order valence-corrected chi connectivity index (χ2v) is 6.87. The number of sulfonamides is 1. The molecule has 0 amide bonds. The molecule has 0 bridgehead atoms. The van der Waals surface area contributed by atoms with E-state index in [1.807, 2.05) is 0 Å². The lowest BCUT2D eigenvalue weighted by atomic mass is 10.5. The molecule has 2 aromatic rings. The van der Waals surface area contributed by atoms with Crippen molar-refractivity contribution < 1.29 is 8.42 Å². The minimum atomic E-state index is -3.77. The number of nitrogens with one attached hydrogen (secondary N) is 1. The van der Waals surface area contributed by atoms with Gasteiger partial charge in [-0.25, -0.2) is 9.67 Å². The van der Waals surface area contributed by atoms with E-state index < -0.39 is 10.0 Å². The largest absolute Gasteiger partial charge is 0.283 e. The normalized spacial score (nSPS) is 11.5. The number of hydrogen-bond donors (Lipinski definition) is 1. The second-order valence-electron chi connectivity index (χ2n) is 3.28. The molecule has 0 aliphatic carbocycles. The van der Waals surface area contributed by atoms with Gasteiger partial charge in [-0.3, -0.25) is 4.72 Å². The third-order valence-electron chi connectivity index (χ3n) is 1.96. The maximum absolute atomic E-state index is 12.1. The molecule has 18 heavy (non-hydrogen) atoms. The fourth-order valence-electron chi connectivity index (χ4n) is 1.23. The Labute approximate surface area is 125 Å². The highest BCUT2D eigenvalue weighted by atomic mass is 127. The molecule has 2 rings (SSSR count). The van der Waals surface area contributed by atoms with Crippen molar-refractivity contribution in [1.82, 2.24) is 20.0 Å². The number of anilines is 1. The van der Waals surface area contributed by atoms with Crippen molar-refractivity contribution in [3.63, 3.8) is 0 Å². The lowest BCUT2D eigenvalue weighted by molar-refractivity contribution is 0.578. The number of hydrogen-bond acceptors (Lipinski definition) is 5. The van der Waals surface area contributed by atoms with Crippen LogP contribution in [0.25, 0.3) is 0 Å². The maximum Gasteiger partial charge on any atom is 0.283 e. The van der Waals surface area contributed by atoms with E-state index >= 15 is 0 Å². The molecule has 7 nitrogen and oxygen atoms in total. The molecular weight excluding hydrogens is 437 g/mol. The average molecular weight is 444 g/mol. The lowest BCUT2D eigenvalue weighted by Gasteiger charge is -2.06. The molecule has 10 heteroatoms. The average Bonchev–Trinajstić information content (AvgIpc) is 2.62. The Morgan fingerprint density at radius 2 is 2.17 bits per heavy atom.